The highest BCUT2D eigenvalue weighted by atomic mass is 16.5. The average Bonchev–Trinajstić information content (AvgIpc) is 2.30. The Labute approximate surface area is 121 Å². The van der Waals surface area contributed by atoms with Gasteiger partial charge >= 0.3 is 7.12 Å². The highest BCUT2D eigenvalue weighted by molar-refractivity contribution is 6.60. The first-order chi connectivity index (χ1) is 8.99. The zero-order chi connectivity index (χ0) is 15.7. The molecule has 0 aliphatic heterocycles. The lowest BCUT2D eigenvalue weighted by molar-refractivity contribution is -0.0982. The molecule has 0 unspecified atom stereocenters. The van der Waals surface area contributed by atoms with E-state index in [1.54, 1.807) is 40.9 Å². The first-order valence-corrected chi connectivity index (χ1v) is 6.73. The van der Waals surface area contributed by atoms with Crippen LogP contribution in [0.2, 0.25) is 0 Å². The zero-order valence-corrected chi connectivity index (χ0v) is 13.4. The van der Waals surface area contributed by atoms with Gasteiger partial charge in [0.2, 0.25) is 0 Å². The van der Waals surface area contributed by atoms with Crippen molar-refractivity contribution in [2.45, 2.75) is 52.7 Å². The second-order valence-electron chi connectivity index (χ2n) is 6.20. The van der Waals surface area contributed by atoms with E-state index < -0.39 is 18.3 Å². The summed E-state index contributed by atoms with van der Waals surface area (Å²) in [6, 6.07) is 3.62. The van der Waals surface area contributed by atoms with Crippen molar-refractivity contribution < 1.29 is 19.5 Å². The number of methoxy groups -OCH3 is 1. The van der Waals surface area contributed by atoms with Gasteiger partial charge in [-0.15, -0.1) is 0 Å². The minimum Gasteiger partial charge on any atom is -0.496 e. The predicted molar refractivity (Wildman–Crippen MR) is 81.5 cm³/mol. The van der Waals surface area contributed by atoms with Gasteiger partial charge in [-0.1, -0.05) is 6.07 Å². The number of hydrogen-bond acceptors (Lipinski definition) is 4. The summed E-state index contributed by atoms with van der Waals surface area (Å²) in [5.74, 6) is 0.712. The number of hydrogen-bond donors (Lipinski definition) is 2. The van der Waals surface area contributed by atoms with Gasteiger partial charge < -0.3 is 19.5 Å². The Hall–Kier alpha value is -1.04. The zero-order valence-electron chi connectivity index (χ0n) is 13.4. The molecule has 1 rings (SSSR count). The summed E-state index contributed by atoms with van der Waals surface area (Å²) in [6.07, 6.45) is 0. The Balaban J connectivity index is 3.05. The molecule has 0 bridgehead atoms. The van der Waals surface area contributed by atoms with Crippen molar-refractivity contribution in [1.82, 2.24) is 0 Å². The fraction of sp³-hybridized carbons (Fsp3) is 0.600. The molecule has 4 nitrogen and oxygen atoms in total. The fourth-order valence-electron chi connectivity index (χ4n) is 1.70. The highest BCUT2D eigenvalue weighted by Crippen LogP contribution is 2.26. The van der Waals surface area contributed by atoms with Crippen molar-refractivity contribution in [1.29, 1.82) is 0 Å². The lowest BCUT2D eigenvalue weighted by Gasteiger charge is -2.38. The summed E-state index contributed by atoms with van der Waals surface area (Å²) in [7, 11) is 0.476. The molecule has 0 saturated carbocycles. The van der Waals surface area contributed by atoms with Gasteiger partial charge in [0.1, 0.15) is 5.75 Å². The average molecular weight is 280 g/mol. The lowest BCUT2D eigenvalue weighted by Crippen LogP contribution is -2.53. The first kappa shape index (κ1) is 17.0. The third kappa shape index (κ3) is 3.54. The van der Waals surface area contributed by atoms with E-state index in [0.29, 0.717) is 11.2 Å². The second kappa shape index (κ2) is 5.76. The smallest absolute Gasteiger partial charge is 0.491 e. The first-order valence-electron chi connectivity index (χ1n) is 6.73. The van der Waals surface area contributed by atoms with E-state index in [1.807, 2.05) is 19.9 Å². The summed E-state index contributed by atoms with van der Waals surface area (Å²) >= 11 is 0. The van der Waals surface area contributed by atoms with Crippen LogP contribution in [0.3, 0.4) is 0 Å². The minimum absolute atomic E-state index is 0.613. The normalized spacial score (nSPS) is 12.4. The van der Waals surface area contributed by atoms with Crippen LogP contribution in [-0.2, 0) is 4.65 Å². The second-order valence-corrected chi connectivity index (χ2v) is 6.20. The molecule has 0 spiro atoms. The molecule has 0 aliphatic carbocycles. The van der Waals surface area contributed by atoms with Gasteiger partial charge in [-0.2, -0.15) is 0 Å². The van der Waals surface area contributed by atoms with Crippen LogP contribution in [0.4, 0.5) is 0 Å². The molecule has 0 radical (unpaired) electrons. The Morgan fingerprint density at radius 1 is 1.10 bits per heavy atom. The third-order valence-corrected chi connectivity index (χ3v) is 4.03. The van der Waals surface area contributed by atoms with E-state index in [-0.39, 0.29) is 0 Å². The van der Waals surface area contributed by atoms with Gasteiger partial charge in [0, 0.05) is 0 Å². The quantitative estimate of drug-likeness (QED) is 0.804. The van der Waals surface area contributed by atoms with Gasteiger partial charge in [0.25, 0.3) is 0 Å². The number of aryl methyl sites for hydroxylation is 1. The van der Waals surface area contributed by atoms with Crippen molar-refractivity contribution in [2.75, 3.05) is 7.11 Å². The van der Waals surface area contributed by atoms with E-state index in [0.717, 1.165) is 11.1 Å². The Bertz CT molecular complexity index is 477. The molecule has 0 heterocycles. The van der Waals surface area contributed by atoms with E-state index in [2.05, 4.69) is 0 Å². The van der Waals surface area contributed by atoms with Crippen LogP contribution < -0.4 is 10.2 Å². The summed E-state index contributed by atoms with van der Waals surface area (Å²) in [5.41, 5.74) is 0.700. The van der Waals surface area contributed by atoms with Crippen LogP contribution in [0.25, 0.3) is 0 Å². The molecule has 0 amide bonds. The summed E-state index contributed by atoms with van der Waals surface area (Å²) in [5, 5.41) is 20.3. The molecule has 1 aromatic rings. The number of rotatable bonds is 5. The van der Waals surface area contributed by atoms with Crippen molar-refractivity contribution in [3.8, 4) is 5.75 Å². The third-order valence-electron chi connectivity index (χ3n) is 4.03. The SMILES string of the molecule is COc1cc(B(O)OC(C)(C)C(C)(C)O)cc(C)c1C. The van der Waals surface area contributed by atoms with Crippen molar-refractivity contribution >= 4 is 12.6 Å². The maximum Gasteiger partial charge on any atom is 0.491 e. The molecule has 20 heavy (non-hydrogen) atoms. The molecule has 0 aromatic heterocycles. The molecule has 5 heteroatoms. The summed E-state index contributed by atoms with van der Waals surface area (Å²) < 4.78 is 10.9. The van der Waals surface area contributed by atoms with Crippen LogP contribution in [0.1, 0.15) is 38.8 Å². The van der Waals surface area contributed by atoms with E-state index in [4.69, 9.17) is 9.39 Å². The largest absolute Gasteiger partial charge is 0.496 e. The molecule has 0 aliphatic rings. The van der Waals surface area contributed by atoms with Gasteiger partial charge in [-0.05, 0) is 64.2 Å². The monoisotopic (exact) mass is 280 g/mol. The van der Waals surface area contributed by atoms with Gasteiger partial charge in [0.15, 0.2) is 0 Å². The minimum atomic E-state index is -1.12. The van der Waals surface area contributed by atoms with Crippen molar-refractivity contribution in [2.24, 2.45) is 0 Å². The summed E-state index contributed by atoms with van der Waals surface area (Å²) in [4.78, 5) is 0. The van der Waals surface area contributed by atoms with Gasteiger partial charge in [-0.25, -0.2) is 0 Å². The molecular formula is C15H25BO4. The van der Waals surface area contributed by atoms with Gasteiger partial charge in [-0.3, -0.25) is 0 Å². The van der Waals surface area contributed by atoms with Crippen LogP contribution in [0.15, 0.2) is 12.1 Å². The van der Waals surface area contributed by atoms with E-state index in [9.17, 15) is 10.1 Å². The lowest BCUT2D eigenvalue weighted by atomic mass is 9.75. The van der Waals surface area contributed by atoms with Crippen LogP contribution in [0, 0.1) is 13.8 Å². The predicted octanol–water partition coefficient (Wildman–Crippen LogP) is 1.57. The maximum atomic E-state index is 10.3. The van der Waals surface area contributed by atoms with Crippen molar-refractivity contribution in [3.63, 3.8) is 0 Å². The molecule has 2 N–H and O–H groups in total. The molecule has 0 atom stereocenters. The Morgan fingerprint density at radius 2 is 1.65 bits per heavy atom. The van der Waals surface area contributed by atoms with E-state index in [1.165, 1.54) is 0 Å². The molecule has 1 aromatic carbocycles. The van der Waals surface area contributed by atoms with Gasteiger partial charge in [0.05, 0.1) is 18.3 Å². The molecular weight excluding hydrogens is 255 g/mol. The Morgan fingerprint density at radius 3 is 2.10 bits per heavy atom. The summed E-state index contributed by atoms with van der Waals surface area (Å²) in [6.45, 7) is 10.7. The Kier molecular flexibility index (Phi) is 4.90. The van der Waals surface area contributed by atoms with Crippen LogP contribution in [-0.4, -0.2) is 35.6 Å². The molecule has 112 valence electrons. The molecule has 0 saturated heterocycles. The topological polar surface area (TPSA) is 58.9 Å². The van der Waals surface area contributed by atoms with Crippen molar-refractivity contribution in [3.05, 3.63) is 23.3 Å². The highest BCUT2D eigenvalue weighted by Gasteiger charge is 2.39. The standard InChI is InChI=1S/C15H25BO4/c1-10-8-12(9-13(19-7)11(10)2)16(18)20-15(5,6)14(3,4)17/h8-9,17-18H,1-7H3. The maximum absolute atomic E-state index is 10.3. The number of ether oxygens (including phenoxy) is 1. The van der Waals surface area contributed by atoms with Crippen LogP contribution in [0.5, 0.6) is 5.75 Å². The van der Waals surface area contributed by atoms with E-state index >= 15 is 0 Å². The number of aliphatic hydroxyl groups is 1. The fourth-order valence-corrected chi connectivity index (χ4v) is 1.70. The molecule has 0 fully saturated rings. The number of benzene rings is 1. The van der Waals surface area contributed by atoms with Crippen LogP contribution >= 0.6 is 0 Å².